The quantitative estimate of drug-likeness (QED) is 0.612. The molecule has 0 unspecified atom stereocenters. The van der Waals surface area contributed by atoms with Crippen LogP contribution >= 0.6 is 0 Å². The van der Waals surface area contributed by atoms with Crippen LogP contribution in [0.25, 0.3) is 11.4 Å². The molecule has 0 spiro atoms. The van der Waals surface area contributed by atoms with Crippen molar-refractivity contribution in [3.05, 3.63) is 35.5 Å². The summed E-state index contributed by atoms with van der Waals surface area (Å²) in [7, 11) is 0. The Morgan fingerprint density at radius 2 is 2.00 bits per heavy atom. The Bertz CT molecular complexity index is 1040. The van der Waals surface area contributed by atoms with Gasteiger partial charge in [-0.1, -0.05) is 0 Å². The first-order chi connectivity index (χ1) is 16.4. The molecule has 0 radical (unpaired) electrons. The van der Waals surface area contributed by atoms with E-state index in [1.807, 2.05) is 31.2 Å². The summed E-state index contributed by atoms with van der Waals surface area (Å²) in [6, 6.07) is 6.84. The second-order valence-corrected chi connectivity index (χ2v) is 8.77. The van der Waals surface area contributed by atoms with Gasteiger partial charge in [-0.3, -0.25) is 4.79 Å². The number of fused-ring (bicyclic) bond motifs is 1. The van der Waals surface area contributed by atoms with Crippen molar-refractivity contribution in [2.75, 3.05) is 43.1 Å². The molecule has 4 N–H and O–H groups in total. The van der Waals surface area contributed by atoms with Gasteiger partial charge in [-0.15, -0.1) is 0 Å². The van der Waals surface area contributed by atoms with Crippen LogP contribution in [0.15, 0.2) is 24.3 Å². The van der Waals surface area contributed by atoms with Crippen molar-refractivity contribution in [1.82, 2.24) is 20.2 Å². The van der Waals surface area contributed by atoms with Gasteiger partial charge in [0.05, 0.1) is 37.5 Å². The highest BCUT2D eigenvalue weighted by atomic mass is 16.5. The number of benzene rings is 1. The molecule has 0 bridgehead atoms. The molecule has 2 aliphatic heterocycles. The lowest BCUT2D eigenvalue weighted by atomic mass is 10.0. The maximum Gasteiger partial charge on any atom is 0.319 e. The van der Waals surface area contributed by atoms with E-state index in [4.69, 9.17) is 20.4 Å². The molecule has 3 heterocycles. The summed E-state index contributed by atoms with van der Waals surface area (Å²) in [4.78, 5) is 38.3. The molecule has 182 valence electrons. The van der Waals surface area contributed by atoms with Crippen molar-refractivity contribution >= 4 is 23.4 Å². The van der Waals surface area contributed by atoms with E-state index in [0.717, 1.165) is 29.2 Å². The summed E-state index contributed by atoms with van der Waals surface area (Å²) in [5, 5.41) is 5.51. The first kappa shape index (κ1) is 23.9. The molecule has 3 amide bonds. The van der Waals surface area contributed by atoms with Crippen molar-refractivity contribution < 1.29 is 14.3 Å². The van der Waals surface area contributed by atoms with Crippen molar-refractivity contribution in [3.63, 3.8) is 0 Å². The number of urea groups is 1. The molecule has 10 nitrogen and oxygen atoms in total. The van der Waals surface area contributed by atoms with E-state index < -0.39 is 6.04 Å². The molecule has 2 aliphatic rings. The zero-order chi connectivity index (χ0) is 24.2. The highest BCUT2D eigenvalue weighted by Crippen LogP contribution is 2.31. The maximum absolute atomic E-state index is 12.6. The Morgan fingerprint density at radius 1 is 1.24 bits per heavy atom. The van der Waals surface area contributed by atoms with E-state index in [9.17, 15) is 9.59 Å². The molecular formula is C24H33N7O3. The third-order valence-electron chi connectivity index (χ3n) is 6.12. The van der Waals surface area contributed by atoms with Gasteiger partial charge in [-0.2, -0.15) is 0 Å². The normalized spacial score (nSPS) is 18.8. The highest BCUT2D eigenvalue weighted by molar-refractivity contribution is 5.89. The second-order valence-electron chi connectivity index (χ2n) is 8.77. The Balaban J connectivity index is 1.69. The molecule has 0 saturated carbocycles. The predicted molar refractivity (Wildman–Crippen MR) is 131 cm³/mol. The Kier molecular flexibility index (Phi) is 7.28. The van der Waals surface area contributed by atoms with Crippen molar-refractivity contribution in [3.8, 4) is 11.4 Å². The van der Waals surface area contributed by atoms with Crippen LogP contribution in [0.4, 0.5) is 16.3 Å². The summed E-state index contributed by atoms with van der Waals surface area (Å²) in [6.07, 6.45) is 0.683. The zero-order valence-corrected chi connectivity index (χ0v) is 20.0. The van der Waals surface area contributed by atoms with E-state index >= 15 is 0 Å². The number of morpholine rings is 1. The van der Waals surface area contributed by atoms with Crippen LogP contribution in [-0.2, 0) is 22.5 Å². The molecule has 2 aromatic rings. The SMILES string of the molecule is CCNC(=O)Nc1ccc(-c2nc3c(c(N4CCOC[C@@H]4C)n2)CCN(C(=O)[C@@H](C)N)C3)cc1. The van der Waals surface area contributed by atoms with Crippen LogP contribution in [0.1, 0.15) is 32.0 Å². The number of hydrogen-bond donors (Lipinski definition) is 3. The lowest BCUT2D eigenvalue weighted by Crippen LogP contribution is -2.47. The van der Waals surface area contributed by atoms with Gasteiger partial charge in [0.15, 0.2) is 5.82 Å². The third-order valence-corrected chi connectivity index (χ3v) is 6.12. The minimum absolute atomic E-state index is 0.0760. The number of anilines is 2. The van der Waals surface area contributed by atoms with Crippen molar-refractivity contribution in [2.24, 2.45) is 5.73 Å². The van der Waals surface area contributed by atoms with E-state index in [0.29, 0.717) is 50.8 Å². The van der Waals surface area contributed by atoms with Crippen molar-refractivity contribution in [1.29, 1.82) is 0 Å². The third kappa shape index (κ3) is 5.13. The van der Waals surface area contributed by atoms with E-state index in [1.54, 1.807) is 11.8 Å². The topological polar surface area (TPSA) is 126 Å². The number of nitrogens with two attached hydrogens (primary N) is 1. The van der Waals surface area contributed by atoms with Crippen LogP contribution in [0.2, 0.25) is 0 Å². The van der Waals surface area contributed by atoms with Gasteiger partial charge in [-0.25, -0.2) is 14.8 Å². The van der Waals surface area contributed by atoms with Crippen molar-refractivity contribution in [2.45, 2.75) is 45.8 Å². The standard InChI is InChI=1S/C24H33N7O3/c1-4-26-24(33)27-18-7-5-17(6-8-18)21-28-20-13-30(23(32)16(3)25)10-9-19(20)22(29-21)31-11-12-34-14-15(31)2/h5-8,15-16H,4,9-14,25H2,1-3H3,(H2,26,27,33)/t15-,16+/m0/s1. The zero-order valence-electron chi connectivity index (χ0n) is 20.0. The van der Waals surface area contributed by atoms with Crippen LogP contribution in [0, 0.1) is 0 Å². The molecule has 1 fully saturated rings. The number of hydrogen-bond acceptors (Lipinski definition) is 7. The molecule has 1 aromatic heterocycles. The molecule has 4 rings (SSSR count). The largest absolute Gasteiger partial charge is 0.377 e. The lowest BCUT2D eigenvalue weighted by Gasteiger charge is -2.38. The van der Waals surface area contributed by atoms with Gasteiger partial charge in [0, 0.05) is 36.4 Å². The molecule has 2 atom stereocenters. The number of amides is 3. The van der Waals surface area contributed by atoms with Crippen LogP contribution in [-0.4, -0.2) is 71.7 Å². The van der Waals surface area contributed by atoms with Crippen LogP contribution < -0.4 is 21.3 Å². The number of nitrogens with one attached hydrogen (secondary N) is 2. The number of carbonyl (C=O) groups excluding carboxylic acids is 2. The summed E-state index contributed by atoms with van der Waals surface area (Å²) >= 11 is 0. The number of nitrogens with zero attached hydrogens (tertiary/aromatic N) is 4. The summed E-state index contributed by atoms with van der Waals surface area (Å²) in [6.45, 7) is 9.31. The smallest absolute Gasteiger partial charge is 0.319 e. The Labute approximate surface area is 199 Å². The average Bonchev–Trinajstić information content (AvgIpc) is 2.83. The number of ether oxygens (including phenoxy) is 1. The minimum Gasteiger partial charge on any atom is -0.377 e. The minimum atomic E-state index is -0.549. The van der Waals surface area contributed by atoms with Crippen LogP contribution in [0.5, 0.6) is 0 Å². The Hall–Kier alpha value is -3.24. The number of carbonyl (C=O) groups is 2. The summed E-state index contributed by atoms with van der Waals surface area (Å²) < 4.78 is 5.64. The highest BCUT2D eigenvalue weighted by Gasteiger charge is 2.31. The monoisotopic (exact) mass is 467 g/mol. The fourth-order valence-corrected chi connectivity index (χ4v) is 4.33. The van der Waals surface area contributed by atoms with Gasteiger partial charge >= 0.3 is 6.03 Å². The fourth-order valence-electron chi connectivity index (χ4n) is 4.33. The fraction of sp³-hybridized carbons (Fsp3) is 0.500. The molecule has 34 heavy (non-hydrogen) atoms. The molecule has 1 aromatic carbocycles. The van der Waals surface area contributed by atoms with Gasteiger partial charge in [0.1, 0.15) is 5.82 Å². The molecule has 10 heteroatoms. The van der Waals surface area contributed by atoms with Gasteiger partial charge in [0.25, 0.3) is 0 Å². The van der Waals surface area contributed by atoms with Gasteiger partial charge in [-0.05, 0) is 51.5 Å². The van der Waals surface area contributed by atoms with Gasteiger partial charge in [0.2, 0.25) is 5.91 Å². The first-order valence-corrected chi connectivity index (χ1v) is 11.8. The summed E-state index contributed by atoms with van der Waals surface area (Å²) in [5.74, 6) is 1.42. The van der Waals surface area contributed by atoms with E-state index in [2.05, 4.69) is 22.5 Å². The maximum atomic E-state index is 12.6. The molecule has 0 aliphatic carbocycles. The average molecular weight is 468 g/mol. The van der Waals surface area contributed by atoms with Gasteiger partial charge < -0.3 is 30.9 Å². The Morgan fingerprint density at radius 3 is 2.68 bits per heavy atom. The predicted octanol–water partition coefficient (Wildman–Crippen LogP) is 1.74. The molecular weight excluding hydrogens is 434 g/mol. The van der Waals surface area contributed by atoms with E-state index in [-0.39, 0.29) is 18.0 Å². The van der Waals surface area contributed by atoms with Crippen LogP contribution in [0.3, 0.4) is 0 Å². The first-order valence-electron chi connectivity index (χ1n) is 11.8. The number of aromatic nitrogens is 2. The lowest BCUT2D eigenvalue weighted by molar-refractivity contribution is -0.133. The van der Waals surface area contributed by atoms with E-state index in [1.165, 1.54) is 0 Å². The second kappa shape index (κ2) is 10.4. The molecule has 1 saturated heterocycles. The number of rotatable bonds is 5. The summed E-state index contributed by atoms with van der Waals surface area (Å²) in [5.41, 5.74) is 9.31.